The highest BCUT2D eigenvalue weighted by Gasteiger charge is 2.31. The second kappa shape index (κ2) is 6.36. The van der Waals surface area contributed by atoms with E-state index in [1.807, 2.05) is 13.8 Å². The van der Waals surface area contributed by atoms with E-state index in [2.05, 4.69) is 17.6 Å². The van der Waals surface area contributed by atoms with Crippen molar-refractivity contribution in [3.8, 4) is 0 Å². The highest BCUT2D eigenvalue weighted by atomic mass is 16.3. The lowest BCUT2D eigenvalue weighted by Gasteiger charge is -2.35. The maximum absolute atomic E-state index is 12.2. The Kier molecular flexibility index (Phi) is 5.40. The van der Waals surface area contributed by atoms with Crippen LogP contribution >= 0.6 is 0 Å². The van der Waals surface area contributed by atoms with E-state index in [0.29, 0.717) is 12.3 Å². The number of aliphatic hydroxyl groups excluding tert-OH is 1. The van der Waals surface area contributed by atoms with E-state index >= 15 is 0 Å². The predicted octanol–water partition coefficient (Wildman–Crippen LogP) is 1.04. The van der Waals surface area contributed by atoms with Crippen LogP contribution in [0.3, 0.4) is 0 Å². The molecule has 0 aromatic carbocycles. The fourth-order valence-corrected chi connectivity index (χ4v) is 2.35. The Morgan fingerprint density at radius 3 is 2.82 bits per heavy atom. The maximum Gasteiger partial charge on any atom is 0.237 e. The maximum atomic E-state index is 12.2. The van der Waals surface area contributed by atoms with Crippen molar-refractivity contribution in [1.82, 2.24) is 10.6 Å². The zero-order valence-corrected chi connectivity index (χ0v) is 11.3. The molecule has 0 spiro atoms. The van der Waals surface area contributed by atoms with Crippen molar-refractivity contribution < 1.29 is 9.90 Å². The molecule has 3 atom stereocenters. The SMILES string of the molecule is CCC(C)(CCO)NC(=O)C1NCCCC1C. The third-order valence-electron chi connectivity index (χ3n) is 3.92. The summed E-state index contributed by atoms with van der Waals surface area (Å²) in [7, 11) is 0. The van der Waals surface area contributed by atoms with Gasteiger partial charge in [-0.3, -0.25) is 4.79 Å². The molecule has 1 aliphatic heterocycles. The molecular weight excluding hydrogens is 216 g/mol. The summed E-state index contributed by atoms with van der Waals surface area (Å²) >= 11 is 0. The van der Waals surface area contributed by atoms with E-state index in [1.165, 1.54) is 0 Å². The highest BCUT2D eigenvalue weighted by molar-refractivity contribution is 5.82. The second-order valence-electron chi connectivity index (χ2n) is 5.43. The molecule has 17 heavy (non-hydrogen) atoms. The first kappa shape index (κ1) is 14.5. The molecule has 0 radical (unpaired) electrons. The van der Waals surface area contributed by atoms with E-state index in [4.69, 9.17) is 5.11 Å². The summed E-state index contributed by atoms with van der Waals surface area (Å²) in [6.45, 7) is 7.18. The van der Waals surface area contributed by atoms with Gasteiger partial charge >= 0.3 is 0 Å². The van der Waals surface area contributed by atoms with Crippen LogP contribution in [0.1, 0.15) is 46.5 Å². The van der Waals surface area contributed by atoms with Crippen molar-refractivity contribution in [3.05, 3.63) is 0 Å². The normalized spacial score (nSPS) is 28.5. The van der Waals surface area contributed by atoms with Gasteiger partial charge in [-0.15, -0.1) is 0 Å². The summed E-state index contributed by atoms with van der Waals surface area (Å²) < 4.78 is 0. The van der Waals surface area contributed by atoms with E-state index < -0.39 is 0 Å². The predicted molar refractivity (Wildman–Crippen MR) is 68.7 cm³/mol. The van der Waals surface area contributed by atoms with E-state index in [1.54, 1.807) is 0 Å². The standard InChI is InChI=1S/C13H26N2O2/c1-4-13(3,7-9-16)15-12(17)11-10(2)6-5-8-14-11/h10-11,14,16H,4-9H2,1-3H3,(H,15,17). The largest absolute Gasteiger partial charge is 0.396 e. The summed E-state index contributed by atoms with van der Waals surface area (Å²) in [6.07, 6.45) is 3.69. The number of nitrogens with one attached hydrogen (secondary N) is 2. The summed E-state index contributed by atoms with van der Waals surface area (Å²) in [5.74, 6) is 0.467. The first-order valence-corrected chi connectivity index (χ1v) is 6.68. The number of aliphatic hydroxyl groups is 1. The average Bonchev–Trinajstić information content (AvgIpc) is 2.29. The lowest BCUT2D eigenvalue weighted by molar-refractivity contribution is -0.126. The minimum atomic E-state index is -0.287. The molecule has 1 fully saturated rings. The third kappa shape index (κ3) is 3.96. The van der Waals surface area contributed by atoms with Gasteiger partial charge in [-0.05, 0) is 45.1 Å². The van der Waals surface area contributed by atoms with Gasteiger partial charge in [0.25, 0.3) is 0 Å². The molecular formula is C13H26N2O2. The lowest BCUT2D eigenvalue weighted by atomic mass is 9.89. The van der Waals surface area contributed by atoms with Crippen molar-refractivity contribution in [2.45, 2.75) is 58.0 Å². The van der Waals surface area contributed by atoms with Crippen LogP contribution in [0.4, 0.5) is 0 Å². The van der Waals surface area contributed by atoms with E-state index in [-0.39, 0.29) is 24.1 Å². The minimum Gasteiger partial charge on any atom is -0.396 e. The molecule has 0 aromatic heterocycles. The quantitative estimate of drug-likeness (QED) is 0.675. The molecule has 0 saturated carbocycles. The molecule has 1 saturated heterocycles. The number of rotatable bonds is 5. The minimum absolute atomic E-state index is 0.0756. The summed E-state index contributed by atoms with van der Waals surface area (Å²) in [5.41, 5.74) is -0.287. The molecule has 1 rings (SSSR count). The van der Waals surface area contributed by atoms with Gasteiger partial charge < -0.3 is 15.7 Å². The lowest BCUT2D eigenvalue weighted by Crippen LogP contribution is -2.56. The number of piperidine rings is 1. The van der Waals surface area contributed by atoms with Crippen molar-refractivity contribution in [2.75, 3.05) is 13.2 Å². The Morgan fingerprint density at radius 2 is 2.29 bits per heavy atom. The Morgan fingerprint density at radius 1 is 1.59 bits per heavy atom. The second-order valence-corrected chi connectivity index (χ2v) is 5.43. The monoisotopic (exact) mass is 242 g/mol. The molecule has 4 nitrogen and oxygen atoms in total. The molecule has 0 aromatic rings. The van der Waals surface area contributed by atoms with Crippen LogP contribution < -0.4 is 10.6 Å². The van der Waals surface area contributed by atoms with Crippen LogP contribution in [-0.4, -0.2) is 35.7 Å². The van der Waals surface area contributed by atoms with Gasteiger partial charge in [0.05, 0.1) is 6.04 Å². The molecule has 0 bridgehead atoms. The fraction of sp³-hybridized carbons (Fsp3) is 0.923. The Balaban J connectivity index is 2.57. The summed E-state index contributed by atoms with van der Waals surface area (Å²) in [6, 6.07) is -0.0756. The molecule has 4 heteroatoms. The fourth-order valence-electron chi connectivity index (χ4n) is 2.35. The zero-order valence-electron chi connectivity index (χ0n) is 11.3. The van der Waals surface area contributed by atoms with Crippen molar-refractivity contribution in [1.29, 1.82) is 0 Å². The molecule has 3 unspecified atom stereocenters. The van der Waals surface area contributed by atoms with Crippen molar-refractivity contribution >= 4 is 5.91 Å². The van der Waals surface area contributed by atoms with Gasteiger partial charge in [0.1, 0.15) is 0 Å². The van der Waals surface area contributed by atoms with E-state index in [0.717, 1.165) is 25.8 Å². The number of amides is 1. The van der Waals surface area contributed by atoms with Gasteiger partial charge in [0.15, 0.2) is 0 Å². The smallest absolute Gasteiger partial charge is 0.237 e. The van der Waals surface area contributed by atoms with Crippen LogP contribution in [0.25, 0.3) is 0 Å². The van der Waals surface area contributed by atoms with Crippen LogP contribution in [-0.2, 0) is 4.79 Å². The first-order chi connectivity index (χ1) is 8.02. The van der Waals surface area contributed by atoms with Gasteiger partial charge in [-0.2, -0.15) is 0 Å². The topological polar surface area (TPSA) is 61.4 Å². The van der Waals surface area contributed by atoms with Gasteiger partial charge in [0.2, 0.25) is 5.91 Å². The number of hydrogen-bond donors (Lipinski definition) is 3. The Labute approximate surface area is 104 Å². The van der Waals surface area contributed by atoms with Crippen molar-refractivity contribution in [2.24, 2.45) is 5.92 Å². The molecule has 3 N–H and O–H groups in total. The highest BCUT2D eigenvalue weighted by Crippen LogP contribution is 2.19. The summed E-state index contributed by atoms with van der Waals surface area (Å²) in [5, 5.41) is 15.4. The molecule has 1 heterocycles. The van der Waals surface area contributed by atoms with Crippen molar-refractivity contribution in [3.63, 3.8) is 0 Å². The van der Waals surface area contributed by atoms with E-state index in [9.17, 15) is 4.79 Å². The zero-order chi connectivity index (χ0) is 12.9. The molecule has 0 aliphatic carbocycles. The van der Waals surface area contributed by atoms with Gasteiger partial charge in [-0.1, -0.05) is 13.8 Å². The number of carbonyl (C=O) groups excluding carboxylic acids is 1. The average molecular weight is 242 g/mol. The molecule has 1 amide bonds. The van der Waals surface area contributed by atoms with Crippen LogP contribution in [0.5, 0.6) is 0 Å². The first-order valence-electron chi connectivity index (χ1n) is 6.68. The Hall–Kier alpha value is -0.610. The van der Waals surface area contributed by atoms with Crippen LogP contribution in [0.2, 0.25) is 0 Å². The number of carbonyl (C=O) groups is 1. The number of hydrogen-bond acceptors (Lipinski definition) is 3. The van der Waals surface area contributed by atoms with Gasteiger partial charge in [0, 0.05) is 12.1 Å². The summed E-state index contributed by atoms with van der Waals surface area (Å²) in [4.78, 5) is 12.2. The van der Waals surface area contributed by atoms with Crippen LogP contribution in [0.15, 0.2) is 0 Å². The van der Waals surface area contributed by atoms with Gasteiger partial charge in [-0.25, -0.2) is 0 Å². The third-order valence-corrected chi connectivity index (χ3v) is 3.92. The van der Waals surface area contributed by atoms with Crippen LogP contribution in [0, 0.1) is 5.92 Å². The molecule has 100 valence electrons. The molecule has 1 aliphatic rings. The Bertz CT molecular complexity index is 258.